The van der Waals surface area contributed by atoms with Gasteiger partial charge in [0.25, 0.3) is 0 Å². The number of rotatable bonds is 5. The lowest BCUT2D eigenvalue weighted by molar-refractivity contribution is -0.124. The predicted octanol–water partition coefficient (Wildman–Crippen LogP) is 3.00. The third-order valence-corrected chi connectivity index (χ3v) is 3.55. The number of carbonyl (C=O) groups excluding carboxylic acids is 1. The zero-order chi connectivity index (χ0) is 13.7. The second-order valence-electron chi connectivity index (χ2n) is 4.79. The number of hydrogen-bond donors (Lipinski definition) is 2. The molecule has 0 aliphatic carbocycles. The molecular formula is C14H21BrN2O. The predicted molar refractivity (Wildman–Crippen MR) is 78.1 cm³/mol. The summed E-state index contributed by atoms with van der Waals surface area (Å²) in [4.78, 5) is 11.9. The van der Waals surface area contributed by atoms with Crippen molar-refractivity contribution >= 4 is 21.8 Å². The minimum atomic E-state index is -0.450. The van der Waals surface area contributed by atoms with E-state index in [1.807, 2.05) is 45.0 Å². The molecule has 0 saturated carbocycles. The maximum absolute atomic E-state index is 11.9. The summed E-state index contributed by atoms with van der Waals surface area (Å²) in [6.07, 6.45) is 0.845. The molecule has 18 heavy (non-hydrogen) atoms. The fraction of sp³-hybridized carbons (Fsp3) is 0.500. The molecule has 0 aromatic heterocycles. The lowest BCUT2D eigenvalue weighted by Crippen LogP contribution is -2.45. The van der Waals surface area contributed by atoms with Crippen LogP contribution in [-0.2, 0) is 4.79 Å². The Morgan fingerprint density at radius 2 is 1.89 bits per heavy atom. The Morgan fingerprint density at radius 1 is 1.33 bits per heavy atom. The molecule has 4 heteroatoms. The lowest BCUT2D eigenvalue weighted by Gasteiger charge is -2.22. The topological polar surface area (TPSA) is 55.1 Å². The molecular weight excluding hydrogens is 292 g/mol. The molecule has 0 fully saturated rings. The molecule has 0 heterocycles. The van der Waals surface area contributed by atoms with Crippen LogP contribution in [0.3, 0.4) is 0 Å². The van der Waals surface area contributed by atoms with Crippen molar-refractivity contribution in [3.8, 4) is 0 Å². The number of carbonyl (C=O) groups is 1. The van der Waals surface area contributed by atoms with Gasteiger partial charge in [-0.15, -0.1) is 0 Å². The third-order valence-electron chi connectivity index (χ3n) is 3.02. The van der Waals surface area contributed by atoms with E-state index in [4.69, 9.17) is 5.73 Å². The Hall–Kier alpha value is -0.870. The van der Waals surface area contributed by atoms with Gasteiger partial charge in [0, 0.05) is 4.47 Å². The normalized spacial score (nSPS) is 14.3. The van der Waals surface area contributed by atoms with E-state index >= 15 is 0 Å². The molecule has 100 valence electrons. The highest BCUT2D eigenvalue weighted by molar-refractivity contribution is 9.10. The van der Waals surface area contributed by atoms with Crippen LogP contribution in [0.5, 0.6) is 0 Å². The van der Waals surface area contributed by atoms with E-state index in [1.165, 1.54) is 0 Å². The first-order chi connectivity index (χ1) is 8.45. The maximum Gasteiger partial charge on any atom is 0.237 e. The van der Waals surface area contributed by atoms with Crippen LogP contribution in [0, 0.1) is 5.92 Å². The SMILES string of the molecule is CCC(NC(=O)C(N)C(C)C)c1ccc(Br)cc1. The molecule has 2 atom stereocenters. The highest BCUT2D eigenvalue weighted by atomic mass is 79.9. The minimum absolute atomic E-state index is 0.0235. The summed E-state index contributed by atoms with van der Waals surface area (Å²) >= 11 is 3.40. The van der Waals surface area contributed by atoms with Crippen LogP contribution in [0.25, 0.3) is 0 Å². The van der Waals surface area contributed by atoms with E-state index in [9.17, 15) is 4.79 Å². The van der Waals surface area contributed by atoms with Crippen LogP contribution in [0.2, 0.25) is 0 Å². The summed E-state index contributed by atoms with van der Waals surface area (Å²) in [5.41, 5.74) is 6.95. The largest absolute Gasteiger partial charge is 0.348 e. The van der Waals surface area contributed by atoms with Gasteiger partial charge in [-0.05, 0) is 30.0 Å². The summed E-state index contributed by atoms with van der Waals surface area (Å²) in [6, 6.07) is 7.56. The van der Waals surface area contributed by atoms with Gasteiger partial charge in [0.05, 0.1) is 12.1 Å². The standard InChI is InChI=1S/C14H21BrN2O/c1-4-12(10-5-7-11(15)8-6-10)17-14(18)13(16)9(2)3/h5-9,12-13H,4,16H2,1-3H3,(H,17,18). The molecule has 0 radical (unpaired) electrons. The maximum atomic E-state index is 11.9. The third kappa shape index (κ3) is 4.10. The summed E-state index contributed by atoms with van der Waals surface area (Å²) in [7, 11) is 0. The number of nitrogens with two attached hydrogens (primary N) is 1. The van der Waals surface area contributed by atoms with Crippen molar-refractivity contribution in [2.45, 2.75) is 39.3 Å². The molecule has 0 aliphatic rings. The average molecular weight is 313 g/mol. The van der Waals surface area contributed by atoms with Gasteiger partial charge < -0.3 is 11.1 Å². The summed E-state index contributed by atoms with van der Waals surface area (Å²) < 4.78 is 1.03. The van der Waals surface area contributed by atoms with Gasteiger partial charge >= 0.3 is 0 Å². The van der Waals surface area contributed by atoms with Crippen LogP contribution in [0.15, 0.2) is 28.7 Å². The molecule has 0 aliphatic heterocycles. The van der Waals surface area contributed by atoms with Gasteiger partial charge in [-0.25, -0.2) is 0 Å². The monoisotopic (exact) mass is 312 g/mol. The molecule has 1 rings (SSSR count). The van der Waals surface area contributed by atoms with Gasteiger partial charge in [0.2, 0.25) is 5.91 Å². The quantitative estimate of drug-likeness (QED) is 0.878. The Morgan fingerprint density at radius 3 is 2.33 bits per heavy atom. The summed E-state index contributed by atoms with van der Waals surface area (Å²) in [5.74, 6) is 0.0622. The van der Waals surface area contributed by atoms with Crippen molar-refractivity contribution < 1.29 is 4.79 Å². The molecule has 0 spiro atoms. The average Bonchev–Trinajstić information content (AvgIpc) is 2.35. The highest BCUT2D eigenvalue weighted by Crippen LogP contribution is 2.19. The number of benzene rings is 1. The fourth-order valence-corrected chi connectivity index (χ4v) is 1.95. The first-order valence-electron chi connectivity index (χ1n) is 6.27. The lowest BCUT2D eigenvalue weighted by atomic mass is 10.0. The Labute approximate surface area is 117 Å². The van der Waals surface area contributed by atoms with Crippen molar-refractivity contribution in [2.75, 3.05) is 0 Å². The van der Waals surface area contributed by atoms with E-state index < -0.39 is 6.04 Å². The van der Waals surface area contributed by atoms with E-state index in [1.54, 1.807) is 0 Å². The first-order valence-corrected chi connectivity index (χ1v) is 7.06. The Balaban J connectivity index is 2.73. The van der Waals surface area contributed by atoms with Crippen LogP contribution in [0.1, 0.15) is 38.8 Å². The molecule has 1 aromatic rings. The van der Waals surface area contributed by atoms with E-state index in [0.717, 1.165) is 16.5 Å². The van der Waals surface area contributed by atoms with Gasteiger partial charge in [-0.3, -0.25) is 4.79 Å². The molecule has 1 aromatic carbocycles. The van der Waals surface area contributed by atoms with Crippen molar-refractivity contribution in [3.05, 3.63) is 34.3 Å². The van der Waals surface area contributed by atoms with Crippen LogP contribution in [0.4, 0.5) is 0 Å². The molecule has 3 N–H and O–H groups in total. The van der Waals surface area contributed by atoms with Gasteiger partial charge in [-0.1, -0.05) is 48.8 Å². The van der Waals surface area contributed by atoms with E-state index in [2.05, 4.69) is 21.2 Å². The van der Waals surface area contributed by atoms with Gasteiger partial charge in [0.1, 0.15) is 0 Å². The number of nitrogens with one attached hydrogen (secondary N) is 1. The molecule has 0 saturated heterocycles. The van der Waals surface area contributed by atoms with Crippen molar-refractivity contribution in [3.63, 3.8) is 0 Å². The minimum Gasteiger partial charge on any atom is -0.348 e. The fourth-order valence-electron chi connectivity index (χ4n) is 1.69. The van der Waals surface area contributed by atoms with E-state index in [-0.39, 0.29) is 17.9 Å². The van der Waals surface area contributed by atoms with Crippen LogP contribution in [-0.4, -0.2) is 11.9 Å². The second-order valence-corrected chi connectivity index (χ2v) is 5.71. The number of amides is 1. The summed E-state index contributed by atoms with van der Waals surface area (Å²) in [6.45, 7) is 5.95. The van der Waals surface area contributed by atoms with Crippen molar-refractivity contribution in [1.82, 2.24) is 5.32 Å². The zero-order valence-corrected chi connectivity index (χ0v) is 12.7. The molecule has 3 nitrogen and oxygen atoms in total. The number of hydrogen-bond acceptors (Lipinski definition) is 2. The molecule has 2 unspecified atom stereocenters. The van der Waals surface area contributed by atoms with Gasteiger partial charge in [-0.2, -0.15) is 0 Å². The summed E-state index contributed by atoms with van der Waals surface area (Å²) in [5, 5.41) is 3.00. The van der Waals surface area contributed by atoms with E-state index in [0.29, 0.717) is 0 Å². The smallest absolute Gasteiger partial charge is 0.237 e. The Kier molecular flexibility index (Phi) is 5.82. The van der Waals surface area contributed by atoms with Crippen LogP contribution < -0.4 is 11.1 Å². The number of halogens is 1. The highest BCUT2D eigenvalue weighted by Gasteiger charge is 2.20. The molecule has 0 bridgehead atoms. The van der Waals surface area contributed by atoms with Crippen LogP contribution >= 0.6 is 15.9 Å². The zero-order valence-electron chi connectivity index (χ0n) is 11.1. The second kappa shape index (κ2) is 6.90. The Bertz CT molecular complexity index is 389. The van der Waals surface area contributed by atoms with Gasteiger partial charge in [0.15, 0.2) is 0 Å². The first kappa shape index (κ1) is 15.2. The molecule has 1 amide bonds. The van der Waals surface area contributed by atoms with Crippen molar-refractivity contribution in [1.29, 1.82) is 0 Å². The van der Waals surface area contributed by atoms with Crippen molar-refractivity contribution in [2.24, 2.45) is 11.7 Å².